The molecule has 126 valence electrons. The number of hydrogen-bond acceptors (Lipinski definition) is 4. The molecule has 0 aromatic carbocycles. The first-order chi connectivity index (χ1) is 11.9. The van der Waals surface area contributed by atoms with Gasteiger partial charge in [-0.3, -0.25) is 14.9 Å². The molecule has 0 aliphatic carbocycles. The Bertz CT molecular complexity index is 630. The summed E-state index contributed by atoms with van der Waals surface area (Å²) in [5.74, 6) is 1.68. The maximum atomic E-state index is 5.55. The van der Waals surface area contributed by atoms with E-state index in [1.165, 1.54) is 37.9 Å². The molecule has 0 N–H and O–H groups in total. The molecule has 2 aromatic heterocycles. The number of aromatic nitrogens is 2. The fourth-order valence-electron chi connectivity index (χ4n) is 3.95. The van der Waals surface area contributed by atoms with Crippen molar-refractivity contribution in [3.63, 3.8) is 0 Å². The Morgan fingerprint density at radius 3 is 2.50 bits per heavy atom. The number of likely N-dealkylation sites (tertiary alicyclic amines) is 1. The van der Waals surface area contributed by atoms with Crippen molar-refractivity contribution in [3.8, 4) is 11.4 Å². The lowest BCUT2D eigenvalue weighted by atomic mass is 9.84. The van der Waals surface area contributed by atoms with Crippen LogP contribution in [0.4, 0.5) is 0 Å². The van der Waals surface area contributed by atoms with E-state index in [9.17, 15) is 0 Å². The van der Waals surface area contributed by atoms with Crippen molar-refractivity contribution >= 4 is 0 Å². The zero-order valence-electron chi connectivity index (χ0n) is 14.1. The number of ether oxygens (including phenoxy) is 1. The highest BCUT2D eigenvalue weighted by Crippen LogP contribution is 2.31. The van der Waals surface area contributed by atoms with Gasteiger partial charge in [-0.15, -0.1) is 0 Å². The first-order valence-corrected chi connectivity index (χ1v) is 9.05. The zero-order chi connectivity index (χ0) is 16.2. The Kier molecular flexibility index (Phi) is 4.86. The monoisotopic (exact) mass is 323 g/mol. The van der Waals surface area contributed by atoms with E-state index < -0.39 is 0 Å². The van der Waals surface area contributed by atoms with Gasteiger partial charge in [-0.1, -0.05) is 12.1 Å². The molecule has 2 aliphatic rings. The van der Waals surface area contributed by atoms with Crippen molar-refractivity contribution in [2.75, 3.05) is 26.3 Å². The van der Waals surface area contributed by atoms with Crippen LogP contribution in [-0.4, -0.2) is 41.2 Å². The predicted molar refractivity (Wildman–Crippen MR) is 94.4 cm³/mol. The molecule has 0 radical (unpaired) electrons. The van der Waals surface area contributed by atoms with Gasteiger partial charge in [0.1, 0.15) is 0 Å². The SMILES string of the molecule is c1ccc(-c2ccc(CN3CCC(C4CCOC4)CC3)cn2)nc1. The van der Waals surface area contributed by atoms with E-state index in [4.69, 9.17) is 4.74 Å². The molecule has 0 saturated carbocycles. The average Bonchev–Trinajstić information content (AvgIpc) is 3.18. The van der Waals surface area contributed by atoms with Crippen LogP contribution in [0.15, 0.2) is 42.7 Å². The van der Waals surface area contributed by atoms with Crippen molar-refractivity contribution in [2.45, 2.75) is 25.8 Å². The molecular weight excluding hydrogens is 298 g/mol. The summed E-state index contributed by atoms with van der Waals surface area (Å²) >= 11 is 0. The number of hydrogen-bond donors (Lipinski definition) is 0. The number of pyridine rings is 2. The third-order valence-electron chi connectivity index (χ3n) is 5.42. The Balaban J connectivity index is 1.31. The molecule has 24 heavy (non-hydrogen) atoms. The van der Waals surface area contributed by atoms with Gasteiger partial charge in [0, 0.05) is 32.2 Å². The van der Waals surface area contributed by atoms with E-state index in [0.29, 0.717) is 0 Å². The second kappa shape index (κ2) is 7.41. The van der Waals surface area contributed by atoms with E-state index >= 15 is 0 Å². The number of rotatable bonds is 4. The summed E-state index contributed by atoms with van der Waals surface area (Å²) in [6.07, 6.45) is 7.70. The van der Waals surface area contributed by atoms with E-state index in [2.05, 4.69) is 27.0 Å². The van der Waals surface area contributed by atoms with E-state index in [1.54, 1.807) is 0 Å². The van der Waals surface area contributed by atoms with Crippen molar-refractivity contribution in [1.82, 2.24) is 14.9 Å². The first kappa shape index (κ1) is 15.7. The van der Waals surface area contributed by atoms with Gasteiger partial charge in [0.05, 0.1) is 11.4 Å². The zero-order valence-corrected chi connectivity index (χ0v) is 14.1. The van der Waals surface area contributed by atoms with Crippen LogP contribution in [-0.2, 0) is 11.3 Å². The van der Waals surface area contributed by atoms with Crippen LogP contribution in [0.1, 0.15) is 24.8 Å². The van der Waals surface area contributed by atoms with Crippen LogP contribution in [0.5, 0.6) is 0 Å². The highest BCUT2D eigenvalue weighted by Gasteiger charge is 2.29. The van der Waals surface area contributed by atoms with Gasteiger partial charge in [-0.05, 0) is 68.0 Å². The molecule has 2 aromatic rings. The summed E-state index contributed by atoms with van der Waals surface area (Å²) in [5, 5.41) is 0. The van der Waals surface area contributed by atoms with Crippen LogP contribution in [0.2, 0.25) is 0 Å². The van der Waals surface area contributed by atoms with Crippen LogP contribution in [0.3, 0.4) is 0 Å². The van der Waals surface area contributed by atoms with E-state index in [0.717, 1.165) is 43.0 Å². The summed E-state index contributed by atoms with van der Waals surface area (Å²) < 4.78 is 5.55. The molecule has 2 aliphatic heterocycles. The first-order valence-electron chi connectivity index (χ1n) is 9.05. The lowest BCUT2D eigenvalue weighted by Crippen LogP contribution is -2.35. The van der Waals surface area contributed by atoms with Crippen LogP contribution < -0.4 is 0 Å². The average molecular weight is 323 g/mol. The topological polar surface area (TPSA) is 38.2 Å². The number of nitrogens with zero attached hydrogens (tertiary/aromatic N) is 3. The van der Waals surface area contributed by atoms with Gasteiger partial charge in [-0.25, -0.2) is 0 Å². The minimum Gasteiger partial charge on any atom is -0.381 e. The molecule has 1 atom stereocenters. The fraction of sp³-hybridized carbons (Fsp3) is 0.500. The van der Waals surface area contributed by atoms with Crippen molar-refractivity contribution in [2.24, 2.45) is 11.8 Å². The molecule has 4 nitrogen and oxygen atoms in total. The molecule has 0 amide bonds. The van der Waals surface area contributed by atoms with Gasteiger partial charge >= 0.3 is 0 Å². The molecule has 4 rings (SSSR count). The van der Waals surface area contributed by atoms with Gasteiger partial charge in [0.2, 0.25) is 0 Å². The van der Waals surface area contributed by atoms with Gasteiger partial charge in [-0.2, -0.15) is 0 Å². The molecule has 4 heterocycles. The van der Waals surface area contributed by atoms with Gasteiger partial charge in [0.25, 0.3) is 0 Å². The smallest absolute Gasteiger partial charge is 0.0886 e. The van der Waals surface area contributed by atoms with Gasteiger partial charge in [0.15, 0.2) is 0 Å². The van der Waals surface area contributed by atoms with Gasteiger partial charge < -0.3 is 4.74 Å². The quantitative estimate of drug-likeness (QED) is 0.864. The Morgan fingerprint density at radius 2 is 1.83 bits per heavy atom. The van der Waals surface area contributed by atoms with Crippen molar-refractivity contribution in [1.29, 1.82) is 0 Å². The Morgan fingerprint density at radius 1 is 0.958 bits per heavy atom. The third kappa shape index (κ3) is 3.65. The molecule has 0 bridgehead atoms. The van der Waals surface area contributed by atoms with Crippen LogP contribution in [0, 0.1) is 11.8 Å². The van der Waals surface area contributed by atoms with Crippen molar-refractivity contribution in [3.05, 3.63) is 48.3 Å². The molecule has 2 fully saturated rings. The molecular formula is C20H25N3O. The normalized spacial score (nSPS) is 22.8. The highest BCUT2D eigenvalue weighted by molar-refractivity contribution is 5.53. The maximum Gasteiger partial charge on any atom is 0.0886 e. The predicted octanol–water partition coefficient (Wildman–Crippen LogP) is 3.39. The van der Waals surface area contributed by atoms with Crippen molar-refractivity contribution < 1.29 is 4.74 Å². The highest BCUT2D eigenvalue weighted by atomic mass is 16.5. The number of piperidine rings is 1. The summed E-state index contributed by atoms with van der Waals surface area (Å²) in [7, 11) is 0. The third-order valence-corrected chi connectivity index (χ3v) is 5.42. The fourth-order valence-corrected chi connectivity index (χ4v) is 3.95. The lowest BCUT2D eigenvalue weighted by molar-refractivity contribution is 0.122. The molecule has 4 heteroatoms. The summed E-state index contributed by atoms with van der Waals surface area (Å²) in [5.41, 5.74) is 3.17. The second-order valence-corrected chi connectivity index (χ2v) is 7.00. The minimum absolute atomic E-state index is 0.812. The standard InChI is InChI=1S/C20H25N3O/c1-2-9-21-19(3-1)20-5-4-16(13-22-20)14-23-10-6-17(7-11-23)18-8-12-24-15-18/h1-5,9,13,17-18H,6-8,10-12,14-15H2. The molecule has 0 spiro atoms. The summed E-state index contributed by atoms with van der Waals surface area (Å²) in [6, 6.07) is 10.2. The Hall–Kier alpha value is -1.78. The van der Waals surface area contributed by atoms with Crippen LogP contribution >= 0.6 is 0 Å². The summed E-state index contributed by atoms with van der Waals surface area (Å²) in [4.78, 5) is 11.5. The Labute approximate surface area is 143 Å². The lowest BCUT2D eigenvalue weighted by Gasteiger charge is -2.34. The second-order valence-electron chi connectivity index (χ2n) is 7.00. The largest absolute Gasteiger partial charge is 0.381 e. The van der Waals surface area contributed by atoms with E-state index in [1.807, 2.05) is 30.6 Å². The van der Waals surface area contributed by atoms with E-state index in [-0.39, 0.29) is 0 Å². The van der Waals surface area contributed by atoms with Crippen LogP contribution in [0.25, 0.3) is 11.4 Å². The summed E-state index contributed by atoms with van der Waals surface area (Å²) in [6.45, 7) is 5.36. The maximum absolute atomic E-state index is 5.55. The minimum atomic E-state index is 0.812. The molecule has 1 unspecified atom stereocenters. The molecule has 2 saturated heterocycles.